The van der Waals surface area contributed by atoms with Crippen molar-refractivity contribution in [3.8, 4) is 5.75 Å². The Kier molecular flexibility index (Phi) is 5.46. The number of benzene rings is 3. The number of nitrogens with one attached hydrogen (secondary N) is 1. The van der Waals surface area contributed by atoms with E-state index in [2.05, 4.69) is 98.0 Å². The van der Waals surface area contributed by atoms with Crippen LogP contribution in [-0.2, 0) is 6.54 Å². The van der Waals surface area contributed by atoms with Crippen molar-refractivity contribution in [1.82, 2.24) is 15.3 Å². The topological polar surface area (TPSA) is 27.7 Å². The lowest BCUT2D eigenvalue weighted by atomic mass is 9.92. The van der Waals surface area contributed by atoms with E-state index in [0.717, 1.165) is 59.0 Å². The minimum Gasteiger partial charge on any atom is -0.470 e. The summed E-state index contributed by atoms with van der Waals surface area (Å²) in [6.45, 7) is 2.95. The fraction of sp³-hybridized carbons (Fsp3) is 0.259. The van der Waals surface area contributed by atoms with Gasteiger partial charge in [-0.05, 0) is 47.5 Å². The molecule has 1 N–H and O–H groups in total. The highest BCUT2D eigenvalue weighted by Crippen LogP contribution is 2.49. The highest BCUT2D eigenvalue weighted by atomic mass is 79.9. The Morgan fingerprint density at radius 2 is 1.76 bits per heavy atom. The molecule has 0 amide bonds. The quantitative estimate of drug-likeness (QED) is 0.431. The van der Waals surface area contributed by atoms with Gasteiger partial charge in [-0.2, -0.15) is 5.01 Å². The molecular weight excluding hydrogens is 498 g/mol. The molecule has 168 valence electrons. The maximum Gasteiger partial charge on any atom is 0.182 e. The number of nitrogens with zero attached hydrogens (tertiary/aromatic N) is 2. The van der Waals surface area contributed by atoms with Crippen molar-refractivity contribution >= 4 is 33.2 Å². The molecule has 4 nitrogen and oxygen atoms in total. The van der Waals surface area contributed by atoms with Crippen molar-refractivity contribution in [3.05, 3.63) is 105 Å². The molecule has 0 aromatic heterocycles. The van der Waals surface area contributed by atoms with E-state index in [4.69, 9.17) is 16.3 Å². The van der Waals surface area contributed by atoms with Crippen LogP contribution in [0.5, 0.6) is 5.75 Å². The second-order valence-electron chi connectivity index (χ2n) is 9.01. The molecule has 3 heterocycles. The third kappa shape index (κ3) is 3.97. The Morgan fingerprint density at radius 1 is 1.00 bits per heavy atom. The summed E-state index contributed by atoms with van der Waals surface area (Å²) >= 11 is 9.78. The predicted molar refractivity (Wildman–Crippen MR) is 136 cm³/mol. The molecule has 3 aliphatic heterocycles. The Morgan fingerprint density at radius 3 is 2.52 bits per heavy atom. The van der Waals surface area contributed by atoms with Gasteiger partial charge in [-0.3, -0.25) is 4.90 Å². The van der Waals surface area contributed by atoms with E-state index in [-0.39, 0.29) is 11.8 Å². The molecule has 1 saturated heterocycles. The normalized spacial score (nSPS) is 21.6. The van der Waals surface area contributed by atoms with Crippen LogP contribution in [0.4, 0.5) is 0 Å². The van der Waals surface area contributed by atoms with E-state index in [1.165, 1.54) is 11.1 Å². The van der Waals surface area contributed by atoms with Gasteiger partial charge < -0.3 is 10.2 Å². The lowest BCUT2D eigenvalue weighted by molar-refractivity contribution is -0.160. The zero-order chi connectivity index (χ0) is 22.4. The van der Waals surface area contributed by atoms with Crippen LogP contribution in [0.1, 0.15) is 35.6 Å². The molecule has 3 aromatic carbocycles. The van der Waals surface area contributed by atoms with E-state index >= 15 is 0 Å². The van der Waals surface area contributed by atoms with Crippen LogP contribution in [-0.4, -0.2) is 28.7 Å². The van der Waals surface area contributed by atoms with Gasteiger partial charge >= 0.3 is 0 Å². The third-order valence-corrected chi connectivity index (χ3v) is 7.66. The molecule has 1 fully saturated rings. The number of likely N-dealkylation sites (tertiary alicyclic amines) is 1. The van der Waals surface area contributed by atoms with Crippen molar-refractivity contribution < 1.29 is 4.74 Å². The molecule has 33 heavy (non-hydrogen) atoms. The van der Waals surface area contributed by atoms with Gasteiger partial charge in [0.2, 0.25) is 0 Å². The summed E-state index contributed by atoms with van der Waals surface area (Å²) in [6, 6.07) is 25.2. The average Bonchev–Trinajstić information content (AvgIpc) is 3.29. The van der Waals surface area contributed by atoms with Crippen LogP contribution in [0.15, 0.2) is 83.3 Å². The molecule has 3 aromatic rings. The fourth-order valence-electron chi connectivity index (χ4n) is 5.19. The summed E-state index contributed by atoms with van der Waals surface area (Å²) in [4.78, 5) is 2.53. The van der Waals surface area contributed by atoms with Gasteiger partial charge in [0.05, 0.1) is 11.7 Å². The molecule has 3 aliphatic rings. The summed E-state index contributed by atoms with van der Waals surface area (Å²) in [6.07, 6.45) is 4.18. The van der Waals surface area contributed by atoms with Gasteiger partial charge in [0.1, 0.15) is 5.75 Å². The summed E-state index contributed by atoms with van der Waals surface area (Å²) in [5, 5.41) is 3.08. The number of hydrogen-bond acceptors (Lipinski definition) is 4. The van der Waals surface area contributed by atoms with Crippen molar-refractivity contribution in [1.29, 1.82) is 0 Å². The second-order valence-corrected chi connectivity index (χ2v) is 10.4. The van der Waals surface area contributed by atoms with Crippen LogP contribution in [0.25, 0.3) is 5.70 Å². The Hall–Kier alpha value is -2.31. The second kappa shape index (κ2) is 8.48. The maximum atomic E-state index is 6.79. The van der Waals surface area contributed by atoms with Crippen LogP contribution < -0.4 is 10.2 Å². The van der Waals surface area contributed by atoms with E-state index in [0.29, 0.717) is 0 Å². The van der Waals surface area contributed by atoms with E-state index in [1.54, 1.807) is 0 Å². The Balaban J connectivity index is 1.29. The highest BCUT2D eigenvalue weighted by Gasteiger charge is 2.51. The molecular formula is C27H25BrClN3O. The first kappa shape index (κ1) is 21.2. The van der Waals surface area contributed by atoms with Crippen LogP contribution in [0.2, 0.25) is 5.02 Å². The zero-order valence-electron chi connectivity index (χ0n) is 18.2. The lowest BCUT2D eigenvalue weighted by Crippen LogP contribution is -2.63. The summed E-state index contributed by atoms with van der Waals surface area (Å²) in [5.41, 5.74) is 8.08. The first-order valence-electron chi connectivity index (χ1n) is 11.4. The summed E-state index contributed by atoms with van der Waals surface area (Å²) < 4.78 is 7.85. The standard InChI is InChI=1S/C27H25BrClN3O/c28-21-8-11-26-23(16-21)25-17-24(20-6-9-22(29)10-7-20)30-32(25)27(33-26)12-14-31(15-13-27)18-19-4-2-1-3-5-19/h1-11,16-17,25,30H,12-15,18H2. The van der Waals surface area contributed by atoms with Crippen LogP contribution in [0, 0.1) is 0 Å². The average molecular weight is 523 g/mol. The molecule has 0 bridgehead atoms. The van der Waals surface area contributed by atoms with Crippen molar-refractivity contribution in [3.63, 3.8) is 0 Å². The Labute approximate surface area is 207 Å². The molecule has 0 saturated carbocycles. The van der Waals surface area contributed by atoms with Crippen molar-refractivity contribution in [2.24, 2.45) is 0 Å². The van der Waals surface area contributed by atoms with Crippen LogP contribution >= 0.6 is 27.5 Å². The SMILES string of the molecule is Clc1ccc(C2=CC3c4cc(Br)ccc4OC4(CCN(Cc5ccccc5)CC4)N3N2)cc1. The smallest absolute Gasteiger partial charge is 0.182 e. The number of hydrazine groups is 1. The lowest BCUT2D eigenvalue weighted by Gasteiger charge is -2.51. The summed E-state index contributed by atoms with van der Waals surface area (Å²) in [5.74, 6) is 0.978. The number of halogens is 2. The monoisotopic (exact) mass is 521 g/mol. The van der Waals surface area contributed by atoms with Crippen molar-refractivity contribution in [2.75, 3.05) is 13.1 Å². The van der Waals surface area contributed by atoms with E-state index in [9.17, 15) is 0 Å². The first-order valence-corrected chi connectivity index (χ1v) is 12.6. The minimum absolute atomic E-state index is 0.109. The van der Waals surface area contributed by atoms with Crippen LogP contribution in [0.3, 0.4) is 0 Å². The molecule has 1 atom stereocenters. The molecule has 1 unspecified atom stereocenters. The van der Waals surface area contributed by atoms with Gasteiger partial charge in [0, 0.05) is 47.5 Å². The zero-order valence-corrected chi connectivity index (χ0v) is 20.5. The van der Waals surface area contributed by atoms with Crippen molar-refractivity contribution in [2.45, 2.75) is 31.2 Å². The molecule has 1 spiro atoms. The third-order valence-electron chi connectivity index (χ3n) is 6.91. The van der Waals surface area contributed by atoms with E-state index < -0.39 is 0 Å². The van der Waals surface area contributed by atoms with Gasteiger partial charge in [-0.25, -0.2) is 0 Å². The van der Waals surface area contributed by atoms with Gasteiger partial charge in [-0.1, -0.05) is 70.0 Å². The molecule has 6 rings (SSSR count). The van der Waals surface area contributed by atoms with Gasteiger partial charge in [0.15, 0.2) is 5.72 Å². The predicted octanol–water partition coefficient (Wildman–Crippen LogP) is 6.39. The number of piperidine rings is 1. The van der Waals surface area contributed by atoms with E-state index in [1.807, 2.05) is 12.1 Å². The Bertz CT molecular complexity index is 1190. The number of hydrogen-bond donors (Lipinski definition) is 1. The first-order chi connectivity index (χ1) is 16.1. The minimum atomic E-state index is -0.386. The number of fused-ring (bicyclic) bond motifs is 4. The summed E-state index contributed by atoms with van der Waals surface area (Å²) in [7, 11) is 0. The highest BCUT2D eigenvalue weighted by molar-refractivity contribution is 9.10. The van der Waals surface area contributed by atoms with Gasteiger partial charge in [0.25, 0.3) is 0 Å². The van der Waals surface area contributed by atoms with Gasteiger partial charge in [-0.15, -0.1) is 0 Å². The fourth-order valence-corrected chi connectivity index (χ4v) is 5.69. The molecule has 0 radical (unpaired) electrons. The molecule has 6 heteroatoms. The number of rotatable bonds is 3. The largest absolute Gasteiger partial charge is 0.470 e. The number of ether oxygens (including phenoxy) is 1. The maximum absolute atomic E-state index is 6.79. The molecule has 0 aliphatic carbocycles.